The van der Waals surface area contributed by atoms with Gasteiger partial charge in [0.15, 0.2) is 11.5 Å². The van der Waals surface area contributed by atoms with Gasteiger partial charge in [0.1, 0.15) is 21.8 Å². The SMILES string of the molecule is Cc1c(/C=C2/SC(=S)N(Cc3ccc4c(c3)OCO4)C2=O)c(NCc2ccccc2Cl)n(C)c(=O)c1C#N. The van der Waals surface area contributed by atoms with Gasteiger partial charge in [-0.3, -0.25) is 19.1 Å². The number of hydrogen-bond acceptors (Lipinski definition) is 8. The van der Waals surface area contributed by atoms with Crippen LogP contribution in [0.15, 0.2) is 52.2 Å². The van der Waals surface area contributed by atoms with Crippen molar-refractivity contribution in [2.45, 2.75) is 20.0 Å². The first-order valence-corrected chi connectivity index (χ1v) is 13.1. The molecular formula is C27H21ClN4O4S2. The Morgan fingerprint density at radius 1 is 1.21 bits per heavy atom. The molecule has 38 heavy (non-hydrogen) atoms. The molecule has 1 saturated heterocycles. The van der Waals surface area contributed by atoms with Gasteiger partial charge in [-0.05, 0) is 47.9 Å². The Hall–Kier alpha value is -3.78. The number of nitrogens with zero attached hydrogens (tertiary/aromatic N) is 3. The van der Waals surface area contributed by atoms with Crippen LogP contribution < -0.4 is 20.3 Å². The summed E-state index contributed by atoms with van der Waals surface area (Å²) in [6.45, 7) is 2.47. The fraction of sp³-hybridized carbons (Fsp3) is 0.185. The molecule has 1 N–H and O–H groups in total. The second-order valence-corrected chi connectivity index (χ2v) is 10.7. The van der Waals surface area contributed by atoms with Crippen molar-refractivity contribution in [3.05, 3.63) is 90.6 Å². The average molecular weight is 565 g/mol. The van der Waals surface area contributed by atoms with E-state index in [1.165, 1.54) is 21.2 Å². The van der Waals surface area contributed by atoms with Crippen LogP contribution in [-0.2, 0) is 24.9 Å². The third kappa shape index (κ3) is 4.76. The zero-order valence-electron chi connectivity index (χ0n) is 20.4. The summed E-state index contributed by atoms with van der Waals surface area (Å²) in [4.78, 5) is 28.2. The molecule has 0 saturated carbocycles. The molecule has 0 unspecified atom stereocenters. The maximum Gasteiger partial charge on any atom is 0.270 e. The number of ether oxygens (including phenoxy) is 2. The first-order chi connectivity index (χ1) is 18.3. The van der Waals surface area contributed by atoms with Gasteiger partial charge < -0.3 is 14.8 Å². The lowest BCUT2D eigenvalue weighted by atomic mass is 10.0. The van der Waals surface area contributed by atoms with Gasteiger partial charge >= 0.3 is 0 Å². The highest BCUT2D eigenvalue weighted by Gasteiger charge is 2.33. The summed E-state index contributed by atoms with van der Waals surface area (Å²) >= 11 is 13.0. The van der Waals surface area contributed by atoms with Gasteiger partial charge in [0.25, 0.3) is 11.5 Å². The molecule has 0 bridgehead atoms. The molecule has 1 fully saturated rings. The van der Waals surface area contributed by atoms with Crippen molar-refractivity contribution in [2.75, 3.05) is 12.1 Å². The lowest BCUT2D eigenvalue weighted by Crippen LogP contribution is -2.27. The zero-order chi connectivity index (χ0) is 27.0. The van der Waals surface area contributed by atoms with Crippen molar-refractivity contribution in [1.82, 2.24) is 9.47 Å². The predicted molar refractivity (Wildman–Crippen MR) is 151 cm³/mol. The summed E-state index contributed by atoms with van der Waals surface area (Å²) in [5, 5.41) is 13.5. The van der Waals surface area contributed by atoms with Gasteiger partial charge in [-0.15, -0.1) is 0 Å². The highest BCUT2D eigenvalue weighted by Crippen LogP contribution is 2.37. The average Bonchev–Trinajstić information content (AvgIpc) is 3.48. The van der Waals surface area contributed by atoms with Crippen LogP contribution in [0.2, 0.25) is 5.02 Å². The highest BCUT2D eigenvalue weighted by molar-refractivity contribution is 8.26. The number of fused-ring (bicyclic) bond motifs is 1. The van der Waals surface area contributed by atoms with E-state index in [0.29, 0.717) is 49.2 Å². The fourth-order valence-corrected chi connectivity index (χ4v) is 5.69. The number of halogens is 1. The van der Waals surface area contributed by atoms with Crippen molar-refractivity contribution in [1.29, 1.82) is 5.26 Å². The molecule has 8 nitrogen and oxygen atoms in total. The van der Waals surface area contributed by atoms with Crippen molar-refractivity contribution < 1.29 is 14.3 Å². The molecule has 0 radical (unpaired) electrons. The van der Waals surface area contributed by atoms with Crippen LogP contribution in [0.4, 0.5) is 5.82 Å². The maximum absolute atomic E-state index is 13.4. The second kappa shape index (κ2) is 10.5. The Kier molecular flexibility index (Phi) is 7.17. The van der Waals surface area contributed by atoms with Crippen molar-refractivity contribution >= 4 is 57.7 Å². The van der Waals surface area contributed by atoms with Crippen molar-refractivity contribution in [3.63, 3.8) is 0 Å². The number of hydrogen-bond donors (Lipinski definition) is 1. The minimum atomic E-state index is -0.431. The van der Waals surface area contributed by atoms with E-state index in [4.69, 9.17) is 33.3 Å². The zero-order valence-corrected chi connectivity index (χ0v) is 22.8. The third-order valence-corrected chi connectivity index (χ3v) is 8.08. The number of nitriles is 1. The Balaban J connectivity index is 1.49. The number of rotatable bonds is 6. The summed E-state index contributed by atoms with van der Waals surface area (Å²) in [5.74, 6) is 1.49. The van der Waals surface area contributed by atoms with E-state index in [-0.39, 0.29) is 24.8 Å². The van der Waals surface area contributed by atoms with Crippen LogP contribution in [-0.4, -0.2) is 26.5 Å². The third-order valence-electron chi connectivity index (χ3n) is 6.33. The fourth-order valence-electron chi connectivity index (χ4n) is 4.25. The number of anilines is 1. The Morgan fingerprint density at radius 2 is 1.97 bits per heavy atom. The monoisotopic (exact) mass is 564 g/mol. The summed E-state index contributed by atoms with van der Waals surface area (Å²) < 4.78 is 12.6. The molecule has 2 aliphatic rings. The van der Waals surface area contributed by atoms with Crippen LogP contribution in [0, 0.1) is 18.3 Å². The second-order valence-electron chi connectivity index (χ2n) is 8.64. The van der Waals surface area contributed by atoms with E-state index >= 15 is 0 Å². The molecule has 3 heterocycles. The lowest BCUT2D eigenvalue weighted by Gasteiger charge is -2.18. The molecule has 0 spiro atoms. The number of benzene rings is 2. The van der Waals surface area contributed by atoms with Crippen molar-refractivity contribution in [2.24, 2.45) is 7.05 Å². The molecule has 192 valence electrons. The Bertz CT molecular complexity index is 1630. The molecule has 3 aromatic rings. The largest absolute Gasteiger partial charge is 0.454 e. The standard InChI is InChI=1S/C27H21ClN4O4S2/c1-15-18(24(31(2)25(33)19(15)11-29)30-12-17-5-3-4-6-20(17)28)10-23-26(34)32(27(37)38-23)13-16-7-8-21-22(9-16)36-14-35-21/h3-10,30H,12-14H2,1-2H3/b23-10+. The summed E-state index contributed by atoms with van der Waals surface area (Å²) in [5.41, 5.74) is 2.29. The van der Waals surface area contributed by atoms with Gasteiger partial charge in [-0.1, -0.05) is 59.8 Å². The number of aromatic nitrogens is 1. The number of amides is 1. The van der Waals surface area contributed by atoms with Crippen LogP contribution in [0.5, 0.6) is 11.5 Å². The van der Waals surface area contributed by atoms with Gasteiger partial charge in [0.2, 0.25) is 6.79 Å². The molecule has 5 rings (SSSR count). The quantitative estimate of drug-likeness (QED) is 0.331. The van der Waals surface area contributed by atoms with Gasteiger partial charge in [0, 0.05) is 24.2 Å². The first-order valence-electron chi connectivity index (χ1n) is 11.5. The summed E-state index contributed by atoms with van der Waals surface area (Å²) in [7, 11) is 1.58. The smallest absolute Gasteiger partial charge is 0.270 e. The van der Waals surface area contributed by atoms with Crippen LogP contribution in [0.1, 0.15) is 27.8 Å². The maximum atomic E-state index is 13.4. The Labute approximate surface area is 233 Å². The van der Waals surface area contributed by atoms with Crippen LogP contribution in [0.25, 0.3) is 6.08 Å². The van der Waals surface area contributed by atoms with E-state index in [1.54, 1.807) is 32.2 Å². The first kappa shape index (κ1) is 25.9. The van der Waals surface area contributed by atoms with Crippen molar-refractivity contribution in [3.8, 4) is 17.6 Å². The summed E-state index contributed by atoms with van der Waals surface area (Å²) in [6, 6.07) is 14.9. The molecule has 0 atom stereocenters. The molecule has 0 aliphatic carbocycles. The molecule has 11 heteroatoms. The topological polar surface area (TPSA) is 96.6 Å². The number of carbonyl (C=O) groups is 1. The van der Waals surface area contributed by atoms with Gasteiger partial charge in [-0.2, -0.15) is 5.26 Å². The predicted octanol–water partition coefficient (Wildman–Crippen LogP) is 4.96. The van der Waals surface area contributed by atoms with E-state index in [0.717, 1.165) is 11.1 Å². The lowest BCUT2D eigenvalue weighted by molar-refractivity contribution is -0.122. The number of carbonyl (C=O) groups excluding carboxylic acids is 1. The molecule has 1 amide bonds. The van der Waals surface area contributed by atoms with E-state index < -0.39 is 5.56 Å². The number of thiocarbonyl (C=S) groups is 1. The minimum absolute atomic E-state index is 0.0119. The molecule has 2 aromatic carbocycles. The highest BCUT2D eigenvalue weighted by atomic mass is 35.5. The summed E-state index contributed by atoms with van der Waals surface area (Å²) in [6.07, 6.45) is 1.68. The molecular weight excluding hydrogens is 544 g/mol. The van der Waals surface area contributed by atoms with Gasteiger partial charge in [-0.25, -0.2) is 0 Å². The Morgan fingerprint density at radius 3 is 2.74 bits per heavy atom. The number of nitrogens with one attached hydrogen (secondary N) is 1. The molecule has 2 aliphatic heterocycles. The van der Waals surface area contributed by atoms with Crippen LogP contribution >= 0.6 is 35.6 Å². The van der Waals surface area contributed by atoms with E-state index in [9.17, 15) is 14.9 Å². The minimum Gasteiger partial charge on any atom is -0.454 e. The number of pyridine rings is 1. The van der Waals surface area contributed by atoms with Gasteiger partial charge in [0.05, 0.1) is 11.4 Å². The van der Waals surface area contributed by atoms with E-state index in [1.807, 2.05) is 36.4 Å². The number of thioether (sulfide) groups is 1. The molecule has 1 aromatic heterocycles. The van der Waals surface area contributed by atoms with Crippen LogP contribution in [0.3, 0.4) is 0 Å². The normalized spacial score (nSPS) is 15.3. The van der Waals surface area contributed by atoms with E-state index in [2.05, 4.69) is 5.32 Å².